The predicted molar refractivity (Wildman–Crippen MR) is 108 cm³/mol. The van der Waals surface area contributed by atoms with Crippen LogP contribution in [0.1, 0.15) is 105 Å². The molecule has 0 aromatic heterocycles. The molecule has 1 atom stereocenters. The third-order valence-electron chi connectivity index (χ3n) is 5.21. The zero-order valence-electron chi connectivity index (χ0n) is 17.7. The van der Waals surface area contributed by atoms with Crippen molar-refractivity contribution in [2.45, 2.75) is 111 Å². The van der Waals surface area contributed by atoms with Gasteiger partial charge in [0, 0.05) is 13.2 Å². The van der Waals surface area contributed by atoms with E-state index in [9.17, 15) is 5.11 Å². The molecule has 1 N–H and O–H groups in total. The molecule has 0 aromatic rings. The quantitative estimate of drug-likeness (QED) is 0.282. The van der Waals surface area contributed by atoms with E-state index in [0.717, 1.165) is 26.1 Å². The molecule has 0 aliphatic heterocycles. The minimum Gasteiger partial charge on any atom is -0.394 e. The minimum atomic E-state index is -0.159. The van der Waals surface area contributed by atoms with E-state index in [1.165, 1.54) is 64.2 Å². The van der Waals surface area contributed by atoms with E-state index < -0.39 is 0 Å². The standard InChI is InChI=1S/C22H46O3/c1-5-7-8-9-10-11-12-14-17-24-20-21(19-23)25-18-15-13-16-22(3,4)6-2/h21,23H,5-20H2,1-4H3. The molecule has 0 fully saturated rings. The molecule has 25 heavy (non-hydrogen) atoms. The van der Waals surface area contributed by atoms with Gasteiger partial charge in [0.2, 0.25) is 0 Å². The van der Waals surface area contributed by atoms with Gasteiger partial charge in [0.1, 0.15) is 6.10 Å². The Morgan fingerprint density at radius 2 is 1.40 bits per heavy atom. The maximum Gasteiger partial charge on any atom is 0.104 e. The van der Waals surface area contributed by atoms with Crippen LogP contribution in [-0.4, -0.2) is 37.6 Å². The largest absolute Gasteiger partial charge is 0.394 e. The van der Waals surface area contributed by atoms with E-state index in [1.54, 1.807) is 0 Å². The first kappa shape index (κ1) is 24.9. The first-order chi connectivity index (χ1) is 12.1. The molecule has 0 radical (unpaired) electrons. The van der Waals surface area contributed by atoms with E-state index in [1.807, 2.05) is 0 Å². The fourth-order valence-corrected chi connectivity index (χ4v) is 2.84. The van der Waals surface area contributed by atoms with Crippen LogP contribution in [0.2, 0.25) is 0 Å². The van der Waals surface area contributed by atoms with Crippen molar-refractivity contribution in [3.05, 3.63) is 0 Å². The third kappa shape index (κ3) is 17.1. The number of aliphatic hydroxyl groups is 1. The molecule has 0 saturated carbocycles. The van der Waals surface area contributed by atoms with Gasteiger partial charge in [0.25, 0.3) is 0 Å². The van der Waals surface area contributed by atoms with Crippen molar-refractivity contribution in [3.63, 3.8) is 0 Å². The highest BCUT2D eigenvalue weighted by Gasteiger charge is 2.14. The first-order valence-electron chi connectivity index (χ1n) is 10.9. The highest BCUT2D eigenvalue weighted by Crippen LogP contribution is 2.26. The van der Waals surface area contributed by atoms with Gasteiger partial charge in [-0.2, -0.15) is 0 Å². The highest BCUT2D eigenvalue weighted by atomic mass is 16.5. The van der Waals surface area contributed by atoms with Crippen LogP contribution in [-0.2, 0) is 9.47 Å². The monoisotopic (exact) mass is 358 g/mol. The summed E-state index contributed by atoms with van der Waals surface area (Å²) >= 11 is 0. The van der Waals surface area contributed by atoms with Gasteiger partial charge < -0.3 is 14.6 Å². The number of rotatable bonds is 19. The summed E-state index contributed by atoms with van der Waals surface area (Å²) < 4.78 is 11.4. The number of aliphatic hydroxyl groups excluding tert-OH is 1. The Labute approximate surface area is 157 Å². The lowest BCUT2D eigenvalue weighted by molar-refractivity contribution is -0.0441. The summed E-state index contributed by atoms with van der Waals surface area (Å²) in [6.07, 6.45) is 15.1. The van der Waals surface area contributed by atoms with Crippen LogP contribution < -0.4 is 0 Å². The molecule has 0 aromatic carbocycles. The Bertz CT molecular complexity index is 266. The van der Waals surface area contributed by atoms with Crippen molar-refractivity contribution in [1.29, 1.82) is 0 Å². The number of hydrogen-bond donors (Lipinski definition) is 1. The Kier molecular flexibility index (Phi) is 17.2. The van der Waals surface area contributed by atoms with Gasteiger partial charge >= 0.3 is 0 Å². The predicted octanol–water partition coefficient (Wildman–Crippen LogP) is 6.13. The van der Waals surface area contributed by atoms with Crippen LogP contribution in [0.15, 0.2) is 0 Å². The number of ether oxygens (including phenoxy) is 2. The molecule has 3 heteroatoms. The molecule has 0 bridgehead atoms. The summed E-state index contributed by atoms with van der Waals surface area (Å²) in [7, 11) is 0. The van der Waals surface area contributed by atoms with Gasteiger partial charge in [-0.3, -0.25) is 0 Å². The molecule has 0 spiro atoms. The molecule has 3 nitrogen and oxygen atoms in total. The summed E-state index contributed by atoms with van der Waals surface area (Å²) in [5.41, 5.74) is 0.440. The summed E-state index contributed by atoms with van der Waals surface area (Å²) in [6.45, 7) is 11.2. The lowest BCUT2D eigenvalue weighted by Gasteiger charge is -2.22. The first-order valence-corrected chi connectivity index (χ1v) is 10.9. The maximum absolute atomic E-state index is 9.39. The van der Waals surface area contributed by atoms with Crippen LogP contribution in [0.5, 0.6) is 0 Å². The Hall–Kier alpha value is -0.120. The third-order valence-corrected chi connectivity index (χ3v) is 5.21. The average molecular weight is 359 g/mol. The van der Waals surface area contributed by atoms with Crippen molar-refractivity contribution in [2.75, 3.05) is 26.4 Å². The van der Waals surface area contributed by atoms with E-state index in [-0.39, 0.29) is 12.7 Å². The maximum atomic E-state index is 9.39. The zero-order chi connectivity index (χ0) is 18.8. The van der Waals surface area contributed by atoms with E-state index in [2.05, 4.69) is 27.7 Å². The van der Waals surface area contributed by atoms with Crippen molar-refractivity contribution in [2.24, 2.45) is 5.41 Å². The molecule has 0 aliphatic rings. The van der Waals surface area contributed by atoms with Crippen LogP contribution in [0.4, 0.5) is 0 Å². The Balaban J connectivity index is 3.42. The Morgan fingerprint density at radius 3 is 2.00 bits per heavy atom. The average Bonchev–Trinajstić information content (AvgIpc) is 2.61. The van der Waals surface area contributed by atoms with Crippen LogP contribution in [0, 0.1) is 5.41 Å². The fraction of sp³-hybridized carbons (Fsp3) is 1.00. The van der Waals surface area contributed by atoms with Gasteiger partial charge in [-0.1, -0.05) is 85.5 Å². The Morgan fingerprint density at radius 1 is 0.800 bits per heavy atom. The molecule has 0 saturated heterocycles. The van der Waals surface area contributed by atoms with Gasteiger partial charge in [0.15, 0.2) is 0 Å². The number of unbranched alkanes of at least 4 members (excludes halogenated alkanes) is 8. The van der Waals surface area contributed by atoms with E-state index in [4.69, 9.17) is 9.47 Å². The minimum absolute atomic E-state index is 0.0535. The lowest BCUT2D eigenvalue weighted by Crippen LogP contribution is -2.25. The lowest BCUT2D eigenvalue weighted by atomic mass is 9.85. The molecule has 152 valence electrons. The van der Waals surface area contributed by atoms with E-state index >= 15 is 0 Å². The zero-order valence-corrected chi connectivity index (χ0v) is 17.7. The van der Waals surface area contributed by atoms with Gasteiger partial charge in [-0.25, -0.2) is 0 Å². The van der Waals surface area contributed by atoms with Crippen molar-refractivity contribution < 1.29 is 14.6 Å². The second-order valence-corrected chi connectivity index (χ2v) is 8.20. The van der Waals surface area contributed by atoms with Crippen molar-refractivity contribution in [1.82, 2.24) is 0 Å². The van der Waals surface area contributed by atoms with Crippen molar-refractivity contribution in [3.8, 4) is 0 Å². The molecule has 0 rings (SSSR count). The molecule has 0 heterocycles. The number of hydrogen-bond acceptors (Lipinski definition) is 3. The van der Waals surface area contributed by atoms with E-state index in [0.29, 0.717) is 12.0 Å². The van der Waals surface area contributed by atoms with Gasteiger partial charge in [0.05, 0.1) is 13.2 Å². The summed E-state index contributed by atoms with van der Waals surface area (Å²) in [5.74, 6) is 0. The van der Waals surface area contributed by atoms with Crippen LogP contribution in [0.3, 0.4) is 0 Å². The fourth-order valence-electron chi connectivity index (χ4n) is 2.84. The topological polar surface area (TPSA) is 38.7 Å². The summed E-state index contributed by atoms with van der Waals surface area (Å²) in [6, 6.07) is 0. The second-order valence-electron chi connectivity index (χ2n) is 8.20. The SMILES string of the molecule is CCCCCCCCCCOCC(CO)OCCCCC(C)(C)CC. The molecule has 0 aliphatic carbocycles. The normalized spacial score (nSPS) is 13.3. The van der Waals surface area contributed by atoms with Crippen molar-refractivity contribution >= 4 is 0 Å². The summed E-state index contributed by atoms with van der Waals surface area (Å²) in [5, 5.41) is 9.39. The summed E-state index contributed by atoms with van der Waals surface area (Å²) in [4.78, 5) is 0. The van der Waals surface area contributed by atoms with Gasteiger partial charge in [-0.15, -0.1) is 0 Å². The molecule has 0 amide bonds. The van der Waals surface area contributed by atoms with Crippen LogP contribution >= 0.6 is 0 Å². The second kappa shape index (κ2) is 17.3. The molecule has 1 unspecified atom stereocenters. The smallest absolute Gasteiger partial charge is 0.104 e. The van der Waals surface area contributed by atoms with Gasteiger partial charge in [-0.05, 0) is 24.7 Å². The molecular weight excluding hydrogens is 312 g/mol. The van der Waals surface area contributed by atoms with Crippen LogP contribution in [0.25, 0.3) is 0 Å². The molecular formula is C22H46O3. The highest BCUT2D eigenvalue weighted by molar-refractivity contribution is 4.66.